The number of hydrogen-bond acceptors (Lipinski definition) is 2. The Hall–Kier alpha value is -1.84. The number of anilines is 1. The number of amides is 2. The third-order valence-corrected chi connectivity index (χ3v) is 4.69. The molecule has 2 amide bonds. The first-order valence-electron chi connectivity index (χ1n) is 8.48. The van der Waals surface area contributed by atoms with E-state index in [0.29, 0.717) is 12.3 Å². The summed E-state index contributed by atoms with van der Waals surface area (Å²) in [7, 11) is 1.71. The first-order valence-corrected chi connectivity index (χ1v) is 8.48. The van der Waals surface area contributed by atoms with E-state index in [0.717, 1.165) is 29.7 Å². The summed E-state index contributed by atoms with van der Waals surface area (Å²) in [6, 6.07) is 4.11. The molecule has 0 aromatic heterocycles. The largest absolute Gasteiger partial charge is 0.336 e. The SMILES string of the molecule is Cc1cc(C)c(NC(=O)CN(C)C(=O)CC2CCCC2)c(C)c1. The zero-order chi connectivity index (χ0) is 17.0. The third-order valence-electron chi connectivity index (χ3n) is 4.69. The lowest BCUT2D eigenvalue weighted by molar-refractivity contribution is -0.134. The first-order chi connectivity index (χ1) is 10.9. The van der Waals surface area contributed by atoms with E-state index in [4.69, 9.17) is 0 Å². The van der Waals surface area contributed by atoms with Gasteiger partial charge in [-0.1, -0.05) is 30.5 Å². The Morgan fingerprint density at radius 3 is 2.26 bits per heavy atom. The van der Waals surface area contributed by atoms with E-state index >= 15 is 0 Å². The highest BCUT2D eigenvalue weighted by Gasteiger charge is 2.21. The predicted octanol–water partition coefficient (Wildman–Crippen LogP) is 3.59. The fraction of sp³-hybridized carbons (Fsp3) is 0.579. The summed E-state index contributed by atoms with van der Waals surface area (Å²) in [4.78, 5) is 26.0. The van der Waals surface area contributed by atoms with Gasteiger partial charge < -0.3 is 10.2 Å². The molecule has 23 heavy (non-hydrogen) atoms. The average molecular weight is 316 g/mol. The van der Waals surface area contributed by atoms with Crippen LogP contribution in [0.1, 0.15) is 48.8 Å². The van der Waals surface area contributed by atoms with Gasteiger partial charge >= 0.3 is 0 Å². The van der Waals surface area contributed by atoms with Crippen molar-refractivity contribution in [2.45, 2.75) is 52.9 Å². The predicted molar refractivity (Wildman–Crippen MR) is 93.5 cm³/mol. The molecule has 0 aliphatic heterocycles. The van der Waals surface area contributed by atoms with Crippen molar-refractivity contribution in [1.82, 2.24) is 4.90 Å². The summed E-state index contributed by atoms with van der Waals surface area (Å²) >= 11 is 0. The molecule has 4 heteroatoms. The second-order valence-corrected chi connectivity index (χ2v) is 6.93. The number of carbonyl (C=O) groups is 2. The molecular formula is C19H28N2O2. The van der Waals surface area contributed by atoms with Crippen molar-refractivity contribution in [2.24, 2.45) is 5.92 Å². The molecule has 126 valence electrons. The highest BCUT2D eigenvalue weighted by atomic mass is 16.2. The number of likely N-dealkylation sites (N-methyl/N-ethyl adjacent to an activating group) is 1. The standard InChI is InChI=1S/C19H28N2O2/c1-13-9-14(2)19(15(3)10-13)20-17(22)12-21(4)18(23)11-16-7-5-6-8-16/h9-10,16H,5-8,11-12H2,1-4H3,(H,20,22). The first kappa shape index (κ1) is 17.5. The Morgan fingerprint density at radius 1 is 1.13 bits per heavy atom. The molecule has 0 saturated heterocycles. The van der Waals surface area contributed by atoms with Gasteiger partial charge in [-0.15, -0.1) is 0 Å². The Kier molecular flexibility index (Phi) is 5.80. The van der Waals surface area contributed by atoms with Gasteiger partial charge in [-0.25, -0.2) is 0 Å². The van der Waals surface area contributed by atoms with Crippen LogP contribution in [0.5, 0.6) is 0 Å². The molecular weight excluding hydrogens is 288 g/mol. The second-order valence-electron chi connectivity index (χ2n) is 6.93. The van der Waals surface area contributed by atoms with E-state index in [1.165, 1.54) is 18.4 Å². The van der Waals surface area contributed by atoms with E-state index in [9.17, 15) is 9.59 Å². The molecule has 1 aliphatic rings. The van der Waals surface area contributed by atoms with Crippen LogP contribution in [0.15, 0.2) is 12.1 Å². The Labute approximate surface area is 139 Å². The van der Waals surface area contributed by atoms with Crippen molar-refractivity contribution in [3.8, 4) is 0 Å². The molecule has 0 heterocycles. The van der Waals surface area contributed by atoms with Crippen LogP contribution in [0.4, 0.5) is 5.69 Å². The topological polar surface area (TPSA) is 49.4 Å². The minimum Gasteiger partial charge on any atom is -0.336 e. The molecule has 1 aromatic carbocycles. The van der Waals surface area contributed by atoms with E-state index in [-0.39, 0.29) is 18.4 Å². The molecule has 1 aromatic rings. The van der Waals surface area contributed by atoms with Gasteiger partial charge in [-0.3, -0.25) is 9.59 Å². The zero-order valence-electron chi connectivity index (χ0n) is 14.7. The molecule has 2 rings (SSSR count). The van der Waals surface area contributed by atoms with Crippen LogP contribution < -0.4 is 5.32 Å². The lowest BCUT2D eigenvalue weighted by Gasteiger charge is -2.20. The Morgan fingerprint density at radius 2 is 1.70 bits per heavy atom. The molecule has 1 fully saturated rings. The van der Waals surface area contributed by atoms with Crippen LogP contribution in [0.2, 0.25) is 0 Å². The fourth-order valence-corrected chi connectivity index (χ4v) is 3.48. The molecule has 1 saturated carbocycles. The minimum absolute atomic E-state index is 0.0735. The maximum absolute atomic E-state index is 12.2. The summed E-state index contributed by atoms with van der Waals surface area (Å²) < 4.78 is 0. The summed E-state index contributed by atoms with van der Waals surface area (Å²) in [6.07, 6.45) is 5.33. The van der Waals surface area contributed by atoms with Crippen LogP contribution in [-0.2, 0) is 9.59 Å². The summed E-state index contributed by atoms with van der Waals surface area (Å²) in [5.41, 5.74) is 4.14. The number of rotatable bonds is 5. The number of hydrogen-bond donors (Lipinski definition) is 1. The van der Waals surface area contributed by atoms with Gasteiger partial charge in [0, 0.05) is 19.2 Å². The summed E-state index contributed by atoms with van der Waals surface area (Å²) in [6.45, 7) is 6.13. The molecule has 0 unspecified atom stereocenters. The van der Waals surface area contributed by atoms with E-state index < -0.39 is 0 Å². The van der Waals surface area contributed by atoms with Gasteiger partial charge in [0.15, 0.2) is 0 Å². The number of nitrogens with one attached hydrogen (secondary N) is 1. The van der Waals surface area contributed by atoms with Crippen LogP contribution in [-0.4, -0.2) is 30.3 Å². The average Bonchev–Trinajstić information content (AvgIpc) is 2.95. The van der Waals surface area contributed by atoms with Gasteiger partial charge in [-0.2, -0.15) is 0 Å². The number of nitrogens with zero attached hydrogens (tertiary/aromatic N) is 1. The third kappa shape index (κ3) is 4.81. The summed E-state index contributed by atoms with van der Waals surface area (Å²) in [5, 5.41) is 2.95. The Bertz CT molecular complexity index is 566. The number of carbonyl (C=O) groups excluding carboxylic acids is 2. The highest BCUT2D eigenvalue weighted by molar-refractivity contribution is 5.95. The van der Waals surface area contributed by atoms with Gasteiger partial charge in [-0.05, 0) is 50.7 Å². The summed E-state index contributed by atoms with van der Waals surface area (Å²) in [5.74, 6) is 0.446. The number of benzene rings is 1. The van der Waals surface area contributed by atoms with Crippen LogP contribution in [0.25, 0.3) is 0 Å². The molecule has 0 atom stereocenters. The van der Waals surface area contributed by atoms with Gasteiger partial charge in [0.05, 0.1) is 6.54 Å². The minimum atomic E-state index is -0.137. The van der Waals surface area contributed by atoms with E-state index in [1.807, 2.05) is 20.8 Å². The molecule has 0 radical (unpaired) electrons. The van der Waals surface area contributed by atoms with Crippen molar-refractivity contribution in [1.29, 1.82) is 0 Å². The van der Waals surface area contributed by atoms with Crippen molar-refractivity contribution in [3.63, 3.8) is 0 Å². The smallest absolute Gasteiger partial charge is 0.243 e. The molecule has 4 nitrogen and oxygen atoms in total. The van der Waals surface area contributed by atoms with Crippen molar-refractivity contribution < 1.29 is 9.59 Å². The van der Waals surface area contributed by atoms with E-state index in [2.05, 4.69) is 17.4 Å². The monoisotopic (exact) mass is 316 g/mol. The molecule has 0 bridgehead atoms. The normalized spacial score (nSPS) is 14.8. The van der Waals surface area contributed by atoms with Crippen LogP contribution >= 0.6 is 0 Å². The lowest BCUT2D eigenvalue weighted by Crippen LogP contribution is -2.35. The van der Waals surface area contributed by atoms with Crippen molar-refractivity contribution in [2.75, 3.05) is 18.9 Å². The van der Waals surface area contributed by atoms with Gasteiger partial charge in [0.25, 0.3) is 0 Å². The van der Waals surface area contributed by atoms with Gasteiger partial charge in [0.2, 0.25) is 11.8 Å². The maximum atomic E-state index is 12.2. The second kappa shape index (κ2) is 7.62. The van der Waals surface area contributed by atoms with Crippen LogP contribution in [0.3, 0.4) is 0 Å². The molecule has 1 aliphatic carbocycles. The molecule has 0 spiro atoms. The highest BCUT2D eigenvalue weighted by Crippen LogP contribution is 2.28. The maximum Gasteiger partial charge on any atom is 0.243 e. The van der Waals surface area contributed by atoms with Crippen molar-refractivity contribution in [3.05, 3.63) is 28.8 Å². The van der Waals surface area contributed by atoms with Gasteiger partial charge in [0.1, 0.15) is 0 Å². The van der Waals surface area contributed by atoms with E-state index in [1.54, 1.807) is 11.9 Å². The quantitative estimate of drug-likeness (QED) is 0.902. The Balaban J connectivity index is 1.90. The number of aryl methyl sites for hydroxylation is 3. The lowest BCUT2D eigenvalue weighted by atomic mass is 10.0. The zero-order valence-corrected chi connectivity index (χ0v) is 14.7. The fourth-order valence-electron chi connectivity index (χ4n) is 3.48. The molecule has 1 N–H and O–H groups in total. The van der Waals surface area contributed by atoms with Crippen LogP contribution in [0, 0.1) is 26.7 Å². The van der Waals surface area contributed by atoms with Crippen molar-refractivity contribution >= 4 is 17.5 Å².